The third-order valence-electron chi connectivity index (χ3n) is 2.12. The minimum absolute atomic E-state index is 0.0828. The predicted molar refractivity (Wildman–Crippen MR) is 51.7 cm³/mol. The Bertz CT molecular complexity index is 437. The molecule has 0 spiro atoms. The minimum Gasteiger partial charge on any atom is -0.396 e. The van der Waals surface area contributed by atoms with Gasteiger partial charge in [0.25, 0.3) is 0 Å². The van der Waals surface area contributed by atoms with Gasteiger partial charge < -0.3 is 10.8 Å². The first-order valence-corrected chi connectivity index (χ1v) is 4.48. The van der Waals surface area contributed by atoms with Crippen molar-refractivity contribution in [2.24, 2.45) is 5.73 Å². The van der Waals surface area contributed by atoms with Crippen molar-refractivity contribution >= 4 is 5.65 Å². The average Bonchev–Trinajstić information content (AvgIpc) is 2.61. The summed E-state index contributed by atoms with van der Waals surface area (Å²) in [5.74, 6) is 0.770. The predicted octanol–water partition coefficient (Wildman–Crippen LogP) is -0.277. The van der Waals surface area contributed by atoms with Crippen molar-refractivity contribution in [3.8, 4) is 0 Å². The third-order valence-corrected chi connectivity index (χ3v) is 2.12. The maximum absolute atomic E-state index is 8.80. The number of aromatic nitrogens is 3. The molecule has 2 rings (SSSR count). The van der Waals surface area contributed by atoms with Crippen LogP contribution in [0.1, 0.15) is 11.4 Å². The first kappa shape index (κ1) is 9.11. The van der Waals surface area contributed by atoms with Crippen molar-refractivity contribution < 1.29 is 5.11 Å². The molecule has 3 N–H and O–H groups in total. The Balaban J connectivity index is 2.48. The third kappa shape index (κ3) is 1.47. The Morgan fingerprint density at radius 1 is 1.43 bits per heavy atom. The summed E-state index contributed by atoms with van der Waals surface area (Å²) in [5.41, 5.74) is 7.31. The fourth-order valence-corrected chi connectivity index (χ4v) is 1.38. The largest absolute Gasteiger partial charge is 0.396 e. The molecule has 0 aliphatic carbocycles. The number of hydrogen-bond acceptors (Lipinski definition) is 4. The lowest BCUT2D eigenvalue weighted by Crippen LogP contribution is -2.00. The summed E-state index contributed by atoms with van der Waals surface area (Å²) in [4.78, 5) is 0. The van der Waals surface area contributed by atoms with Crippen molar-refractivity contribution in [3.63, 3.8) is 0 Å². The van der Waals surface area contributed by atoms with Crippen LogP contribution in [0.25, 0.3) is 5.65 Å². The van der Waals surface area contributed by atoms with Crippen molar-refractivity contribution in [3.05, 3.63) is 29.7 Å². The molecule has 0 aromatic carbocycles. The average molecular weight is 192 g/mol. The van der Waals surface area contributed by atoms with Gasteiger partial charge in [0.2, 0.25) is 0 Å². The molecule has 0 unspecified atom stereocenters. The van der Waals surface area contributed by atoms with Crippen LogP contribution in [0.4, 0.5) is 0 Å². The van der Waals surface area contributed by atoms with Crippen LogP contribution in [0.3, 0.4) is 0 Å². The zero-order valence-corrected chi connectivity index (χ0v) is 7.72. The zero-order chi connectivity index (χ0) is 9.97. The maximum Gasteiger partial charge on any atom is 0.161 e. The van der Waals surface area contributed by atoms with Gasteiger partial charge in [0.05, 0.1) is 6.61 Å². The smallest absolute Gasteiger partial charge is 0.161 e. The van der Waals surface area contributed by atoms with Gasteiger partial charge in [-0.1, -0.05) is 0 Å². The second kappa shape index (κ2) is 3.73. The summed E-state index contributed by atoms with van der Waals surface area (Å²) >= 11 is 0. The van der Waals surface area contributed by atoms with E-state index >= 15 is 0 Å². The Hall–Kier alpha value is -1.46. The summed E-state index contributed by atoms with van der Waals surface area (Å²) in [6.07, 6.45) is 2.39. The number of nitrogens with zero attached hydrogens (tertiary/aromatic N) is 3. The molecule has 0 aliphatic rings. The molecule has 0 saturated carbocycles. The van der Waals surface area contributed by atoms with Crippen LogP contribution < -0.4 is 5.73 Å². The van der Waals surface area contributed by atoms with Crippen LogP contribution in [0.15, 0.2) is 18.3 Å². The summed E-state index contributed by atoms with van der Waals surface area (Å²) in [7, 11) is 0. The van der Waals surface area contributed by atoms with Crippen molar-refractivity contribution in [2.75, 3.05) is 6.61 Å². The summed E-state index contributed by atoms with van der Waals surface area (Å²) in [6.45, 7) is 0.581. The van der Waals surface area contributed by atoms with Crippen LogP contribution >= 0.6 is 0 Å². The van der Waals surface area contributed by atoms with Crippen LogP contribution in [0.5, 0.6) is 0 Å². The van der Waals surface area contributed by atoms with Crippen molar-refractivity contribution in [2.45, 2.75) is 13.0 Å². The van der Waals surface area contributed by atoms with Gasteiger partial charge in [0.15, 0.2) is 5.65 Å². The highest BCUT2D eigenvalue weighted by molar-refractivity contribution is 5.41. The van der Waals surface area contributed by atoms with Gasteiger partial charge in [-0.05, 0) is 17.7 Å². The van der Waals surface area contributed by atoms with Gasteiger partial charge in [-0.3, -0.25) is 4.40 Å². The van der Waals surface area contributed by atoms with E-state index in [2.05, 4.69) is 10.2 Å². The van der Waals surface area contributed by atoms with E-state index in [1.807, 2.05) is 22.7 Å². The molecular weight excluding hydrogens is 180 g/mol. The van der Waals surface area contributed by atoms with Gasteiger partial charge in [0, 0.05) is 19.2 Å². The molecular formula is C9H12N4O. The normalized spacial score (nSPS) is 11.0. The number of fused-ring (bicyclic) bond motifs is 1. The first-order valence-electron chi connectivity index (χ1n) is 4.48. The quantitative estimate of drug-likeness (QED) is 0.701. The highest BCUT2D eigenvalue weighted by Crippen LogP contribution is 2.07. The number of aliphatic hydroxyl groups excluding tert-OH is 1. The molecule has 0 amide bonds. The SMILES string of the molecule is NCc1ccn2c(CCO)nnc2c1. The van der Waals surface area contributed by atoms with E-state index in [0.717, 1.165) is 17.0 Å². The second-order valence-electron chi connectivity index (χ2n) is 3.06. The molecule has 5 nitrogen and oxygen atoms in total. The molecule has 2 aromatic heterocycles. The molecule has 2 aromatic rings. The fourth-order valence-electron chi connectivity index (χ4n) is 1.38. The van der Waals surface area contributed by atoms with E-state index in [4.69, 9.17) is 10.8 Å². The van der Waals surface area contributed by atoms with Gasteiger partial charge in [-0.15, -0.1) is 10.2 Å². The highest BCUT2D eigenvalue weighted by Gasteiger charge is 2.04. The lowest BCUT2D eigenvalue weighted by molar-refractivity contribution is 0.296. The number of pyridine rings is 1. The summed E-state index contributed by atoms with van der Waals surface area (Å²) in [6, 6.07) is 3.82. The molecule has 14 heavy (non-hydrogen) atoms. The Morgan fingerprint density at radius 2 is 2.29 bits per heavy atom. The van der Waals surface area contributed by atoms with Crippen LogP contribution in [0, 0.1) is 0 Å². The molecule has 5 heteroatoms. The van der Waals surface area contributed by atoms with Gasteiger partial charge in [-0.2, -0.15) is 0 Å². The van der Waals surface area contributed by atoms with Gasteiger partial charge in [0.1, 0.15) is 5.82 Å². The first-order chi connectivity index (χ1) is 6.85. The molecule has 0 bridgehead atoms. The number of nitrogens with two attached hydrogens (primary N) is 1. The number of hydrogen-bond donors (Lipinski definition) is 2. The Labute approximate surface area is 81.2 Å². The van der Waals surface area contributed by atoms with E-state index in [1.165, 1.54) is 0 Å². The van der Waals surface area contributed by atoms with E-state index < -0.39 is 0 Å². The molecule has 2 heterocycles. The lowest BCUT2D eigenvalue weighted by Gasteiger charge is -1.99. The number of rotatable bonds is 3. The Kier molecular flexibility index (Phi) is 2.43. The second-order valence-corrected chi connectivity index (χ2v) is 3.06. The molecule has 0 fully saturated rings. The maximum atomic E-state index is 8.80. The van der Waals surface area contributed by atoms with E-state index in [0.29, 0.717) is 13.0 Å². The van der Waals surface area contributed by atoms with Gasteiger partial charge >= 0.3 is 0 Å². The van der Waals surface area contributed by atoms with Crippen molar-refractivity contribution in [1.82, 2.24) is 14.6 Å². The van der Waals surface area contributed by atoms with E-state index in [1.54, 1.807) is 0 Å². The summed E-state index contributed by atoms with van der Waals surface area (Å²) in [5, 5.41) is 16.8. The van der Waals surface area contributed by atoms with E-state index in [-0.39, 0.29) is 6.61 Å². The highest BCUT2D eigenvalue weighted by atomic mass is 16.3. The van der Waals surface area contributed by atoms with Crippen LogP contribution in [-0.2, 0) is 13.0 Å². The monoisotopic (exact) mass is 192 g/mol. The number of aliphatic hydroxyl groups is 1. The molecule has 0 aliphatic heterocycles. The lowest BCUT2D eigenvalue weighted by atomic mass is 10.2. The topological polar surface area (TPSA) is 76.4 Å². The minimum atomic E-state index is 0.0828. The molecule has 0 saturated heterocycles. The standard InChI is InChI=1S/C9H12N4O/c10-6-7-1-3-13-8(2-4-14)11-12-9(13)5-7/h1,3,5,14H,2,4,6,10H2. The van der Waals surface area contributed by atoms with Crippen molar-refractivity contribution in [1.29, 1.82) is 0 Å². The van der Waals surface area contributed by atoms with Gasteiger partial charge in [-0.25, -0.2) is 0 Å². The molecule has 0 atom stereocenters. The van der Waals surface area contributed by atoms with Crippen LogP contribution in [0.2, 0.25) is 0 Å². The zero-order valence-electron chi connectivity index (χ0n) is 7.72. The van der Waals surface area contributed by atoms with E-state index in [9.17, 15) is 0 Å². The molecule has 74 valence electrons. The fraction of sp³-hybridized carbons (Fsp3) is 0.333. The Morgan fingerprint density at radius 3 is 3.00 bits per heavy atom. The van der Waals surface area contributed by atoms with Crippen LogP contribution in [-0.4, -0.2) is 26.3 Å². The molecule has 0 radical (unpaired) electrons. The summed E-state index contributed by atoms with van der Waals surface area (Å²) < 4.78 is 1.86.